The highest BCUT2D eigenvalue weighted by Gasteiger charge is 2.16. The van der Waals surface area contributed by atoms with E-state index in [9.17, 15) is 9.59 Å². The maximum absolute atomic E-state index is 13.0. The molecule has 5 nitrogen and oxygen atoms in total. The van der Waals surface area contributed by atoms with Crippen LogP contribution in [0.4, 0.5) is 0 Å². The van der Waals surface area contributed by atoms with Crippen LogP contribution in [0.1, 0.15) is 174 Å². The Labute approximate surface area is 257 Å². The molecular formula is C36H73N2O3+. The van der Waals surface area contributed by atoms with E-state index in [-0.39, 0.29) is 11.9 Å². The van der Waals surface area contributed by atoms with Crippen LogP contribution in [-0.4, -0.2) is 68.6 Å². The molecule has 0 unspecified atom stereocenters. The zero-order valence-corrected chi connectivity index (χ0v) is 28.6. The number of carbonyl (C=O) groups excluding carboxylic acids is 2. The zero-order valence-electron chi connectivity index (χ0n) is 28.6. The number of unbranched alkanes of at least 4 members (excludes halogenated alkanes) is 20. The molecule has 0 heterocycles. The summed E-state index contributed by atoms with van der Waals surface area (Å²) in [5.41, 5.74) is 0. The van der Waals surface area contributed by atoms with Crippen LogP contribution in [0.25, 0.3) is 0 Å². The largest absolute Gasteiger partial charge is 0.464 e. The molecule has 244 valence electrons. The number of carbonyl (C=O) groups is 2. The summed E-state index contributed by atoms with van der Waals surface area (Å²) in [4.78, 5) is 27.2. The van der Waals surface area contributed by atoms with Gasteiger partial charge in [0.05, 0.1) is 34.2 Å². The molecule has 0 saturated heterocycles. The summed E-state index contributed by atoms with van der Waals surface area (Å²) >= 11 is 0. The van der Waals surface area contributed by atoms with Gasteiger partial charge in [0, 0.05) is 25.8 Å². The maximum Gasteiger partial charge on any atom is 0.305 e. The van der Waals surface area contributed by atoms with Gasteiger partial charge in [-0.15, -0.1) is 0 Å². The number of ether oxygens (including phenoxy) is 1. The zero-order chi connectivity index (χ0) is 30.4. The second kappa shape index (κ2) is 29.0. The summed E-state index contributed by atoms with van der Waals surface area (Å²) < 4.78 is 6.43. The van der Waals surface area contributed by atoms with Crippen molar-refractivity contribution < 1.29 is 18.8 Å². The second-order valence-corrected chi connectivity index (χ2v) is 13.5. The minimum Gasteiger partial charge on any atom is -0.464 e. The summed E-state index contributed by atoms with van der Waals surface area (Å²) in [6, 6.07) is 0. The van der Waals surface area contributed by atoms with E-state index in [0.29, 0.717) is 26.0 Å². The molecule has 0 fully saturated rings. The molecule has 0 aliphatic rings. The third-order valence-electron chi connectivity index (χ3n) is 8.21. The van der Waals surface area contributed by atoms with Gasteiger partial charge in [-0.3, -0.25) is 9.59 Å². The van der Waals surface area contributed by atoms with Crippen molar-refractivity contribution in [3.05, 3.63) is 0 Å². The Bertz CT molecular complexity index is 588. The third-order valence-corrected chi connectivity index (χ3v) is 8.21. The molecule has 0 bridgehead atoms. The van der Waals surface area contributed by atoms with Crippen molar-refractivity contribution in [2.45, 2.75) is 174 Å². The van der Waals surface area contributed by atoms with Crippen LogP contribution in [-0.2, 0) is 14.3 Å². The molecule has 0 aliphatic heterocycles. The summed E-state index contributed by atoms with van der Waals surface area (Å²) in [5.74, 6) is 0.119. The predicted octanol–water partition coefficient (Wildman–Crippen LogP) is 9.86. The number of rotatable bonds is 31. The third kappa shape index (κ3) is 30.2. The van der Waals surface area contributed by atoms with Crippen LogP contribution >= 0.6 is 0 Å². The van der Waals surface area contributed by atoms with Gasteiger partial charge in [-0.1, -0.05) is 142 Å². The first-order valence-corrected chi connectivity index (χ1v) is 18.0. The number of amides is 1. The molecule has 5 heteroatoms. The number of hydrogen-bond donors (Lipinski definition) is 0. The van der Waals surface area contributed by atoms with E-state index in [0.717, 1.165) is 49.7 Å². The fourth-order valence-corrected chi connectivity index (χ4v) is 5.47. The first-order chi connectivity index (χ1) is 19.8. The minimum absolute atomic E-state index is 0.106. The van der Waals surface area contributed by atoms with Gasteiger partial charge in [0.25, 0.3) is 0 Å². The molecule has 0 saturated carbocycles. The molecule has 0 aromatic heterocycles. The van der Waals surface area contributed by atoms with Crippen molar-refractivity contribution in [2.75, 3.05) is 47.4 Å². The maximum atomic E-state index is 13.0. The van der Waals surface area contributed by atoms with Crippen LogP contribution in [0.15, 0.2) is 0 Å². The van der Waals surface area contributed by atoms with Crippen LogP contribution in [0.3, 0.4) is 0 Å². The fourth-order valence-electron chi connectivity index (χ4n) is 5.47. The van der Waals surface area contributed by atoms with Crippen molar-refractivity contribution in [3.8, 4) is 0 Å². The normalized spacial score (nSPS) is 11.6. The van der Waals surface area contributed by atoms with Crippen molar-refractivity contribution in [1.29, 1.82) is 0 Å². The topological polar surface area (TPSA) is 46.6 Å². The Morgan fingerprint density at radius 2 is 0.902 bits per heavy atom. The highest BCUT2D eigenvalue weighted by Crippen LogP contribution is 2.14. The molecule has 0 aliphatic carbocycles. The fraction of sp³-hybridized carbons (Fsp3) is 0.944. The molecule has 0 radical (unpaired) electrons. The van der Waals surface area contributed by atoms with Gasteiger partial charge in [-0.25, -0.2) is 0 Å². The van der Waals surface area contributed by atoms with Crippen LogP contribution in [0, 0.1) is 0 Å². The van der Waals surface area contributed by atoms with Gasteiger partial charge < -0.3 is 14.1 Å². The van der Waals surface area contributed by atoms with Crippen molar-refractivity contribution >= 4 is 11.9 Å². The number of nitrogens with zero attached hydrogens (tertiary/aromatic N) is 2. The van der Waals surface area contributed by atoms with Crippen LogP contribution in [0.2, 0.25) is 0 Å². The minimum atomic E-state index is -0.106. The van der Waals surface area contributed by atoms with E-state index in [2.05, 4.69) is 35.0 Å². The smallest absolute Gasteiger partial charge is 0.305 e. The Kier molecular flexibility index (Phi) is 28.2. The lowest BCUT2D eigenvalue weighted by Crippen LogP contribution is -2.40. The monoisotopic (exact) mass is 582 g/mol. The SMILES string of the molecule is CCCCCCCCCCCCCC(=O)OCCN(CCC[N+](C)(C)C)C(=O)CCCCCCCCCCCCC. The van der Waals surface area contributed by atoms with Crippen LogP contribution < -0.4 is 0 Å². The van der Waals surface area contributed by atoms with Gasteiger partial charge in [-0.05, 0) is 12.8 Å². The van der Waals surface area contributed by atoms with Crippen molar-refractivity contribution in [1.82, 2.24) is 4.90 Å². The predicted molar refractivity (Wildman–Crippen MR) is 177 cm³/mol. The molecule has 0 rings (SSSR count). The summed E-state index contributed by atoms with van der Waals surface area (Å²) in [6.45, 7) is 7.17. The van der Waals surface area contributed by atoms with E-state index in [1.165, 1.54) is 116 Å². The summed E-state index contributed by atoms with van der Waals surface area (Å²) in [7, 11) is 6.56. The van der Waals surface area contributed by atoms with Gasteiger partial charge in [0.15, 0.2) is 0 Å². The molecule has 0 atom stereocenters. The molecule has 1 amide bonds. The molecule has 0 aromatic rings. The van der Waals surface area contributed by atoms with E-state index in [4.69, 9.17) is 4.74 Å². The van der Waals surface area contributed by atoms with E-state index in [1.54, 1.807) is 0 Å². The molecule has 0 aromatic carbocycles. The van der Waals surface area contributed by atoms with Gasteiger partial charge in [-0.2, -0.15) is 0 Å². The number of hydrogen-bond acceptors (Lipinski definition) is 3. The lowest BCUT2D eigenvalue weighted by molar-refractivity contribution is -0.870. The average Bonchev–Trinajstić information content (AvgIpc) is 2.93. The highest BCUT2D eigenvalue weighted by molar-refractivity contribution is 5.76. The highest BCUT2D eigenvalue weighted by atomic mass is 16.5. The molecule has 0 spiro atoms. The molecule has 0 N–H and O–H groups in total. The standard InChI is InChI=1S/C36H73N2O3/c1-6-8-10-12-14-16-18-20-22-24-26-29-35(39)37(31-28-33-38(3,4)5)32-34-41-36(40)30-27-25-23-21-19-17-15-13-11-9-7-2/h6-34H2,1-5H3/q+1. The van der Waals surface area contributed by atoms with Crippen molar-refractivity contribution in [3.63, 3.8) is 0 Å². The summed E-state index contributed by atoms with van der Waals surface area (Å²) in [5, 5.41) is 0. The lowest BCUT2D eigenvalue weighted by atomic mass is 10.1. The Morgan fingerprint density at radius 3 is 1.32 bits per heavy atom. The van der Waals surface area contributed by atoms with E-state index >= 15 is 0 Å². The Hall–Kier alpha value is -1.10. The second-order valence-electron chi connectivity index (χ2n) is 13.5. The summed E-state index contributed by atoms with van der Waals surface area (Å²) in [6.07, 6.45) is 30.3. The lowest BCUT2D eigenvalue weighted by Gasteiger charge is -2.27. The van der Waals surface area contributed by atoms with Gasteiger partial charge >= 0.3 is 5.97 Å². The van der Waals surface area contributed by atoms with E-state index in [1.807, 2.05) is 4.90 Å². The first-order valence-electron chi connectivity index (χ1n) is 18.0. The Balaban J connectivity index is 4.05. The van der Waals surface area contributed by atoms with Gasteiger partial charge in [0.1, 0.15) is 6.61 Å². The number of quaternary nitrogens is 1. The molecular weight excluding hydrogens is 508 g/mol. The first kappa shape index (κ1) is 39.9. The molecule has 41 heavy (non-hydrogen) atoms. The quantitative estimate of drug-likeness (QED) is 0.0465. The van der Waals surface area contributed by atoms with E-state index < -0.39 is 0 Å². The average molecular weight is 582 g/mol. The van der Waals surface area contributed by atoms with Crippen LogP contribution in [0.5, 0.6) is 0 Å². The van der Waals surface area contributed by atoms with Crippen molar-refractivity contribution in [2.24, 2.45) is 0 Å². The number of esters is 1. The Morgan fingerprint density at radius 1 is 0.512 bits per heavy atom. The van der Waals surface area contributed by atoms with Gasteiger partial charge in [0.2, 0.25) is 5.91 Å².